The predicted molar refractivity (Wildman–Crippen MR) is 99.6 cm³/mol. The topological polar surface area (TPSA) is 66.9 Å². The molecule has 1 amide bonds. The Labute approximate surface area is 159 Å². The molecule has 0 unspecified atom stereocenters. The maximum Gasteiger partial charge on any atom is 0.416 e. The second kappa shape index (κ2) is 7.10. The van der Waals surface area contributed by atoms with E-state index in [1.165, 1.54) is 12.1 Å². The van der Waals surface area contributed by atoms with Crippen molar-refractivity contribution < 1.29 is 18.0 Å². The number of halogens is 3. The molecule has 0 spiro atoms. The van der Waals surface area contributed by atoms with Crippen LogP contribution in [0.25, 0.3) is 22.0 Å². The summed E-state index contributed by atoms with van der Waals surface area (Å²) in [4.78, 5) is 11.6. The minimum atomic E-state index is -4.38. The number of rotatable bonds is 3. The molecule has 8 heteroatoms. The third-order valence-corrected chi connectivity index (χ3v) is 4.76. The molecule has 2 N–H and O–H groups in total. The molecule has 28 heavy (non-hydrogen) atoms. The first kappa shape index (κ1) is 18.2. The van der Waals surface area contributed by atoms with Crippen LogP contribution in [-0.4, -0.2) is 28.7 Å². The first-order chi connectivity index (χ1) is 13.4. The maximum absolute atomic E-state index is 12.8. The van der Waals surface area contributed by atoms with Gasteiger partial charge in [0.1, 0.15) is 5.69 Å². The number of carbonyl (C=O) groups excluding carboxylic acids is 1. The fraction of sp³-hybridized carbons (Fsp3) is 0.250. The molecule has 1 aliphatic rings. The second-order valence-corrected chi connectivity index (χ2v) is 6.70. The summed E-state index contributed by atoms with van der Waals surface area (Å²) in [6, 6.07) is 12.3. The Hall–Kier alpha value is -3.16. The minimum absolute atomic E-state index is 0.0117. The zero-order valence-corrected chi connectivity index (χ0v) is 14.8. The van der Waals surface area contributed by atoms with E-state index in [0.717, 1.165) is 29.3 Å². The van der Waals surface area contributed by atoms with E-state index in [9.17, 15) is 18.0 Å². The number of alkyl halides is 3. The van der Waals surface area contributed by atoms with E-state index in [2.05, 4.69) is 20.8 Å². The van der Waals surface area contributed by atoms with Gasteiger partial charge in [-0.25, -0.2) is 0 Å². The minimum Gasteiger partial charge on any atom is -0.365 e. The fourth-order valence-electron chi connectivity index (χ4n) is 3.34. The van der Waals surface area contributed by atoms with Crippen LogP contribution >= 0.6 is 0 Å². The van der Waals surface area contributed by atoms with Crippen LogP contribution in [0.15, 0.2) is 48.5 Å². The quantitative estimate of drug-likeness (QED) is 0.714. The van der Waals surface area contributed by atoms with Crippen LogP contribution in [0.4, 0.5) is 19.0 Å². The highest BCUT2D eigenvalue weighted by atomic mass is 19.4. The lowest BCUT2D eigenvalue weighted by Crippen LogP contribution is -2.39. The molecule has 0 saturated carbocycles. The average molecular weight is 386 g/mol. The van der Waals surface area contributed by atoms with Gasteiger partial charge in [-0.3, -0.25) is 4.79 Å². The molecule has 3 aromatic rings. The van der Waals surface area contributed by atoms with Crippen molar-refractivity contribution in [3.05, 3.63) is 54.1 Å². The van der Waals surface area contributed by atoms with Crippen molar-refractivity contribution in [2.45, 2.75) is 25.1 Å². The summed E-state index contributed by atoms with van der Waals surface area (Å²) in [6.07, 6.45) is -3.24. The summed E-state index contributed by atoms with van der Waals surface area (Å²) in [5.41, 5.74) is 0.360. The lowest BCUT2D eigenvalue weighted by Gasteiger charge is -2.24. The van der Waals surface area contributed by atoms with Gasteiger partial charge in [-0.05, 0) is 18.6 Å². The van der Waals surface area contributed by atoms with Gasteiger partial charge in [0.05, 0.1) is 5.56 Å². The number of fused-ring (bicyclic) bond motifs is 1. The SMILES string of the molecule is O=C1C[C@H](Nc2nnc(-c3ccc(C(F)(F)F)cc3)c3ccccc23)CCN1. The van der Waals surface area contributed by atoms with Crippen molar-refractivity contribution in [3.63, 3.8) is 0 Å². The van der Waals surface area contributed by atoms with Gasteiger partial charge in [0, 0.05) is 35.3 Å². The van der Waals surface area contributed by atoms with Gasteiger partial charge in [0.2, 0.25) is 5.91 Å². The van der Waals surface area contributed by atoms with E-state index in [1.807, 2.05) is 24.3 Å². The lowest BCUT2D eigenvalue weighted by molar-refractivity contribution is -0.137. The van der Waals surface area contributed by atoms with Crippen molar-refractivity contribution in [1.82, 2.24) is 15.5 Å². The van der Waals surface area contributed by atoms with Gasteiger partial charge in [-0.2, -0.15) is 13.2 Å². The molecule has 4 rings (SSSR count). The number of piperidine rings is 1. The molecule has 1 atom stereocenters. The monoisotopic (exact) mass is 386 g/mol. The molecule has 1 saturated heterocycles. The Bertz CT molecular complexity index is 1020. The first-order valence-electron chi connectivity index (χ1n) is 8.88. The Morgan fingerprint density at radius 3 is 2.39 bits per heavy atom. The van der Waals surface area contributed by atoms with Crippen molar-refractivity contribution in [2.75, 3.05) is 11.9 Å². The fourth-order valence-corrected chi connectivity index (χ4v) is 3.34. The summed E-state index contributed by atoms with van der Waals surface area (Å²) < 4.78 is 38.4. The molecule has 0 aliphatic carbocycles. The molecule has 0 radical (unpaired) electrons. The number of hydrogen-bond donors (Lipinski definition) is 2. The number of nitrogens with zero attached hydrogens (tertiary/aromatic N) is 2. The van der Waals surface area contributed by atoms with E-state index in [0.29, 0.717) is 30.0 Å². The Morgan fingerprint density at radius 1 is 1.00 bits per heavy atom. The van der Waals surface area contributed by atoms with Crippen LogP contribution in [0, 0.1) is 0 Å². The number of benzene rings is 2. The third kappa shape index (κ3) is 3.62. The first-order valence-corrected chi connectivity index (χ1v) is 8.88. The molecule has 1 fully saturated rings. The van der Waals surface area contributed by atoms with E-state index >= 15 is 0 Å². The molecular weight excluding hydrogens is 369 g/mol. The second-order valence-electron chi connectivity index (χ2n) is 6.70. The van der Waals surface area contributed by atoms with Gasteiger partial charge >= 0.3 is 6.18 Å². The van der Waals surface area contributed by atoms with Crippen LogP contribution < -0.4 is 10.6 Å². The summed E-state index contributed by atoms with van der Waals surface area (Å²) >= 11 is 0. The Kier molecular flexibility index (Phi) is 4.62. The van der Waals surface area contributed by atoms with Crippen molar-refractivity contribution in [1.29, 1.82) is 0 Å². The van der Waals surface area contributed by atoms with E-state index in [-0.39, 0.29) is 11.9 Å². The summed E-state index contributed by atoms with van der Waals surface area (Å²) in [6.45, 7) is 0.603. The molecule has 1 aromatic heterocycles. The molecule has 5 nitrogen and oxygen atoms in total. The Morgan fingerprint density at radius 2 is 1.71 bits per heavy atom. The lowest BCUT2D eigenvalue weighted by atomic mass is 10.0. The molecule has 2 aromatic carbocycles. The van der Waals surface area contributed by atoms with Crippen molar-refractivity contribution >= 4 is 22.5 Å². The number of aromatic nitrogens is 2. The summed E-state index contributed by atoms with van der Waals surface area (Å²) in [5.74, 6) is 0.549. The third-order valence-electron chi connectivity index (χ3n) is 4.76. The van der Waals surface area contributed by atoms with Gasteiger partial charge in [0.25, 0.3) is 0 Å². The smallest absolute Gasteiger partial charge is 0.365 e. The van der Waals surface area contributed by atoms with E-state index in [4.69, 9.17) is 0 Å². The van der Waals surface area contributed by atoms with Crippen LogP contribution in [0.1, 0.15) is 18.4 Å². The molecular formula is C20H17F3N4O. The van der Waals surface area contributed by atoms with Crippen LogP contribution in [0.5, 0.6) is 0 Å². The number of amides is 1. The number of anilines is 1. The van der Waals surface area contributed by atoms with Gasteiger partial charge < -0.3 is 10.6 Å². The molecule has 144 valence electrons. The highest BCUT2D eigenvalue weighted by Crippen LogP contribution is 2.33. The zero-order chi connectivity index (χ0) is 19.7. The summed E-state index contributed by atoms with van der Waals surface area (Å²) in [7, 11) is 0. The number of hydrogen-bond acceptors (Lipinski definition) is 4. The maximum atomic E-state index is 12.8. The van der Waals surface area contributed by atoms with Gasteiger partial charge in [-0.15, -0.1) is 10.2 Å². The normalized spacial score (nSPS) is 17.4. The van der Waals surface area contributed by atoms with E-state index in [1.54, 1.807) is 0 Å². The summed E-state index contributed by atoms with van der Waals surface area (Å²) in [5, 5.41) is 16.2. The predicted octanol–water partition coefficient (Wildman–Crippen LogP) is 4.01. The standard InChI is InChI=1S/C20H17F3N4O/c21-20(22,23)13-7-5-12(6-8-13)18-15-3-1-2-4-16(15)19(27-26-18)25-14-9-10-24-17(28)11-14/h1-8,14H,9-11H2,(H,24,28)(H,25,27)/t14-/m1/s1. The highest BCUT2D eigenvalue weighted by molar-refractivity contribution is 6.00. The zero-order valence-electron chi connectivity index (χ0n) is 14.8. The van der Waals surface area contributed by atoms with Gasteiger partial charge in [0.15, 0.2) is 5.82 Å². The molecule has 1 aliphatic heterocycles. The number of carbonyl (C=O) groups is 1. The molecule has 0 bridgehead atoms. The van der Waals surface area contributed by atoms with Crippen LogP contribution in [-0.2, 0) is 11.0 Å². The van der Waals surface area contributed by atoms with Crippen molar-refractivity contribution in [3.8, 4) is 11.3 Å². The van der Waals surface area contributed by atoms with Crippen LogP contribution in [0.2, 0.25) is 0 Å². The van der Waals surface area contributed by atoms with Crippen LogP contribution in [0.3, 0.4) is 0 Å². The van der Waals surface area contributed by atoms with Gasteiger partial charge in [-0.1, -0.05) is 36.4 Å². The Balaban J connectivity index is 1.70. The highest BCUT2D eigenvalue weighted by Gasteiger charge is 2.30. The number of nitrogens with one attached hydrogen (secondary N) is 2. The molecule has 2 heterocycles. The largest absolute Gasteiger partial charge is 0.416 e. The average Bonchev–Trinajstić information content (AvgIpc) is 2.68. The van der Waals surface area contributed by atoms with E-state index < -0.39 is 11.7 Å². The van der Waals surface area contributed by atoms with Crippen molar-refractivity contribution in [2.24, 2.45) is 0 Å².